The van der Waals surface area contributed by atoms with Crippen LogP contribution in [0, 0.1) is 0 Å². The van der Waals surface area contributed by atoms with Crippen LogP contribution in [0.25, 0.3) is 0 Å². The first-order valence-electron chi connectivity index (χ1n) is 9.63. The van der Waals surface area contributed by atoms with Crippen LogP contribution in [0.5, 0.6) is 11.5 Å². The van der Waals surface area contributed by atoms with E-state index in [1.165, 1.54) is 0 Å². The smallest absolute Gasteiger partial charge is 0.261 e. The Morgan fingerprint density at radius 3 is 2.68 bits per heavy atom. The summed E-state index contributed by atoms with van der Waals surface area (Å²) >= 11 is 0. The molecule has 0 spiro atoms. The van der Waals surface area contributed by atoms with E-state index in [2.05, 4.69) is 5.32 Å². The minimum absolute atomic E-state index is 0.00274. The van der Waals surface area contributed by atoms with Gasteiger partial charge in [-0.2, -0.15) is 0 Å². The van der Waals surface area contributed by atoms with Crippen LogP contribution in [-0.2, 0) is 9.59 Å². The first kappa shape index (κ1) is 18.3. The first-order chi connectivity index (χ1) is 13.6. The number of fused-ring (bicyclic) bond motifs is 1. The molecule has 0 saturated carbocycles. The molecule has 2 aromatic carbocycles. The predicted molar refractivity (Wildman–Crippen MR) is 104 cm³/mol. The van der Waals surface area contributed by atoms with Crippen LogP contribution < -0.4 is 14.8 Å². The van der Waals surface area contributed by atoms with Gasteiger partial charge in [0.1, 0.15) is 11.5 Å². The molecule has 1 saturated heterocycles. The van der Waals surface area contributed by atoms with E-state index < -0.39 is 6.10 Å². The second kappa shape index (κ2) is 7.92. The van der Waals surface area contributed by atoms with E-state index in [0.29, 0.717) is 18.8 Å². The van der Waals surface area contributed by atoms with Crippen molar-refractivity contribution in [3.8, 4) is 11.5 Å². The Labute approximate surface area is 164 Å². The van der Waals surface area contributed by atoms with Crippen LogP contribution >= 0.6 is 0 Å². The number of hydrogen-bond donors (Lipinski definition) is 1. The summed E-state index contributed by atoms with van der Waals surface area (Å²) in [5, 5.41) is 3.05. The van der Waals surface area contributed by atoms with Crippen LogP contribution in [0.2, 0.25) is 0 Å². The minimum Gasteiger partial charge on any atom is -0.484 e. The molecule has 3 atom stereocenters. The Morgan fingerprint density at radius 2 is 1.89 bits per heavy atom. The van der Waals surface area contributed by atoms with Crippen LogP contribution in [0.4, 0.5) is 0 Å². The number of ether oxygens (including phenoxy) is 2. The maximum atomic E-state index is 12.7. The van der Waals surface area contributed by atoms with E-state index >= 15 is 0 Å². The van der Waals surface area contributed by atoms with Gasteiger partial charge in [0.15, 0.2) is 12.7 Å². The zero-order valence-corrected chi connectivity index (χ0v) is 15.8. The van der Waals surface area contributed by atoms with Crippen molar-refractivity contribution in [3.63, 3.8) is 0 Å². The highest BCUT2D eigenvalue weighted by Crippen LogP contribution is 2.37. The second-order valence-electron chi connectivity index (χ2n) is 7.30. The highest BCUT2D eigenvalue weighted by molar-refractivity contribution is 5.84. The van der Waals surface area contributed by atoms with Gasteiger partial charge in [-0.1, -0.05) is 43.3 Å². The summed E-state index contributed by atoms with van der Waals surface area (Å²) in [5.41, 5.74) is 1.06. The van der Waals surface area contributed by atoms with Gasteiger partial charge in [0.25, 0.3) is 11.8 Å². The summed E-state index contributed by atoms with van der Waals surface area (Å²) in [6.45, 7) is 3.12. The van der Waals surface area contributed by atoms with Crippen LogP contribution in [0.15, 0.2) is 54.6 Å². The summed E-state index contributed by atoms with van der Waals surface area (Å²) in [6, 6.07) is 17.0. The molecule has 2 amide bonds. The lowest BCUT2D eigenvalue weighted by atomic mass is 9.97. The number of rotatable bonds is 5. The molecule has 1 fully saturated rings. The number of likely N-dealkylation sites (tertiary alicyclic amines) is 1. The lowest BCUT2D eigenvalue weighted by Crippen LogP contribution is -2.45. The third kappa shape index (κ3) is 3.81. The van der Waals surface area contributed by atoms with E-state index in [1.54, 1.807) is 4.90 Å². The van der Waals surface area contributed by atoms with Gasteiger partial charge >= 0.3 is 0 Å². The summed E-state index contributed by atoms with van der Waals surface area (Å²) in [7, 11) is 0. The average molecular weight is 380 g/mol. The number of hydrogen-bond acceptors (Lipinski definition) is 4. The molecule has 0 unspecified atom stereocenters. The van der Waals surface area contributed by atoms with Crippen molar-refractivity contribution in [3.05, 3.63) is 60.2 Å². The number of carbonyl (C=O) groups is 2. The lowest BCUT2D eigenvalue weighted by molar-refractivity contribution is -0.133. The number of benzene rings is 2. The van der Waals surface area contributed by atoms with Gasteiger partial charge in [0.05, 0.1) is 0 Å². The maximum Gasteiger partial charge on any atom is 0.261 e. The standard InChI is InChI=1S/C22H24N2O4/c1-15-18-9-5-6-10-19(18)28-21(15)22(26)23-16-11-12-24(13-16)20(25)14-27-17-7-3-2-4-8-17/h2-10,15-16,21H,11-14H2,1H3,(H,23,26)/t15-,16+,21-/m1/s1. The van der Waals surface area contributed by atoms with E-state index in [-0.39, 0.29) is 30.4 Å². The molecule has 4 rings (SSSR count). The summed E-state index contributed by atoms with van der Waals surface area (Å²) in [5.74, 6) is 1.26. The molecular formula is C22H24N2O4. The molecule has 0 radical (unpaired) electrons. The zero-order chi connectivity index (χ0) is 19.5. The highest BCUT2D eigenvalue weighted by Gasteiger charge is 2.38. The number of para-hydroxylation sites is 2. The second-order valence-corrected chi connectivity index (χ2v) is 7.30. The van der Waals surface area contributed by atoms with Crippen LogP contribution in [0.1, 0.15) is 24.8 Å². The molecular weight excluding hydrogens is 356 g/mol. The minimum atomic E-state index is -0.524. The maximum absolute atomic E-state index is 12.7. The van der Waals surface area contributed by atoms with Crippen molar-refractivity contribution in [2.75, 3.05) is 19.7 Å². The van der Waals surface area contributed by atoms with Crippen LogP contribution in [0.3, 0.4) is 0 Å². The number of amides is 2. The molecule has 0 aromatic heterocycles. The highest BCUT2D eigenvalue weighted by atomic mass is 16.5. The van der Waals surface area contributed by atoms with Gasteiger partial charge in [-0.15, -0.1) is 0 Å². The van der Waals surface area contributed by atoms with E-state index in [1.807, 2.05) is 61.5 Å². The molecule has 6 heteroatoms. The number of nitrogens with one attached hydrogen (secondary N) is 1. The Morgan fingerprint density at radius 1 is 1.14 bits per heavy atom. The van der Waals surface area contributed by atoms with Gasteiger partial charge in [0, 0.05) is 30.6 Å². The molecule has 2 heterocycles. The monoisotopic (exact) mass is 380 g/mol. The molecule has 28 heavy (non-hydrogen) atoms. The van der Waals surface area contributed by atoms with E-state index in [0.717, 1.165) is 17.7 Å². The Bertz CT molecular complexity index is 855. The Balaban J connectivity index is 1.27. The first-order valence-corrected chi connectivity index (χ1v) is 9.63. The third-order valence-electron chi connectivity index (χ3n) is 5.37. The van der Waals surface area contributed by atoms with Crippen molar-refractivity contribution in [1.82, 2.24) is 10.2 Å². The fraction of sp³-hybridized carbons (Fsp3) is 0.364. The molecule has 146 valence electrons. The van der Waals surface area contributed by atoms with Gasteiger partial charge in [-0.05, 0) is 24.6 Å². The summed E-state index contributed by atoms with van der Waals surface area (Å²) in [6.07, 6.45) is 0.209. The van der Waals surface area contributed by atoms with Gasteiger partial charge in [-0.25, -0.2) is 0 Å². The summed E-state index contributed by atoms with van der Waals surface area (Å²) < 4.78 is 11.4. The quantitative estimate of drug-likeness (QED) is 0.865. The Kier molecular flexibility index (Phi) is 5.19. The third-order valence-corrected chi connectivity index (χ3v) is 5.37. The molecule has 1 N–H and O–H groups in total. The molecule has 0 bridgehead atoms. The topological polar surface area (TPSA) is 67.9 Å². The van der Waals surface area contributed by atoms with E-state index in [4.69, 9.17) is 9.47 Å². The molecule has 2 aliphatic rings. The number of carbonyl (C=O) groups excluding carboxylic acids is 2. The van der Waals surface area contributed by atoms with Gasteiger partial charge in [-0.3, -0.25) is 9.59 Å². The fourth-order valence-electron chi connectivity index (χ4n) is 3.79. The predicted octanol–water partition coefficient (Wildman–Crippen LogP) is 2.35. The zero-order valence-electron chi connectivity index (χ0n) is 15.8. The molecule has 2 aliphatic heterocycles. The van der Waals surface area contributed by atoms with Crippen molar-refractivity contribution in [2.24, 2.45) is 0 Å². The van der Waals surface area contributed by atoms with E-state index in [9.17, 15) is 9.59 Å². The van der Waals surface area contributed by atoms with Crippen molar-refractivity contribution >= 4 is 11.8 Å². The average Bonchev–Trinajstić information content (AvgIpc) is 3.32. The normalized spacial score (nSPS) is 23.0. The summed E-state index contributed by atoms with van der Waals surface area (Å²) in [4.78, 5) is 26.8. The van der Waals surface area contributed by atoms with Gasteiger partial charge < -0.3 is 19.7 Å². The fourth-order valence-corrected chi connectivity index (χ4v) is 3.79. The van der Waals surface area contributed by atoms with Crippen molar-refractivity contribution in [2.45, 2.75) is 31.4 Å². The molecule has 6 nitrogen and oxygen atoms in total. The van der Waals surface area contributed by atoms with Crippen molar-refractivity contribution in [1.29, 1.82) is 0 Å². The van der Waals surface area contributed by atoms with Crippen LogP contribution in [-0.4, -0.2) is 48.6 Å². The number of nitrogens with zero attached hydrogens (tertiary/aromatic N) is 1. The lowest BCUT2D eigenvalue weighted by Gasteiger charge is -2.20. The molecule has 0 aliphatic carbocycles. The Hall–Kier alpha value is -3.02. The largest absolute Gasteiger partial charge is 0.484 e. The SMILES string of the molecule is C[C@@H]1c2ccccc2O[C@H]1C(=O)N[C@H]1CCN(C(=O)COc2ccccc2)C1. The van der Waals surface area contributed by atoms with Crippen molar-refractivity contribution < 1.29 is 19.1 Å². The van der Waals surface area contributed by atoms with Gasteiger partial charge in [0.2, 0.25) is 0 Å². The molecule has 2 aromatic rings.